The van der Waals surface area contributed by atoms with Crippen molar-refractivity contribution in [3.63, 3.8) is 0 Å². The molecule has 0 aliphatic heterocycles. The van der Waals surface area contributed by atoms with Crippen molar-refractivity contribution >= 4 is 5.91 Å². The predicted octanol–water partition coefficient (Wildman–Crippen LogP) is 2.20. The van der Waals surface area contributed by atoms with Crippen LogP contribution in [0.2, 0.25) is 0 Å². The molecule has 3 atom stereocenters. The van der Waals surface area contributed by atoms with Gasteiger partial charge in [-0.05, 0) is 49.3 Å². The van der Waals surface area contributed by atoms with Gasteiger partial charge < -0.3 is 11.1 Å². The van der Waals surface area contributed by atoms with Crippen LogP contribution < -0.4 is 11.1 Å². The van der Waals surface area contributed by atoms with Gasteiger partial charge in [0.1, 0.15) is 5.82 Å². The Morgan fingerprint density at radius 1 is 1.37 bits per heavy atom. The molecule has 1 amide bonds. The number of halogens is 1. The van der Waals surface area contributed by atoms with Crippen LogP contribution in [0, 0.1) is 17.7 Å². The molecule has 3 N–H and O–H groups in total. The van der Waals surface area contributed by atoms with Gasteiger partial charge in [-0.1, -0.05) is 6.42 Å². The number of benzene rings is 1. The number of primary amides is 1. The van der Waals surface area contributed by atoms with Crippen molar-refractivity contribution in [3.8, 4) is 0 Å². The van der Waals surface area contributed by atoms with Crippen LogP contribution in [0.1, 0.15) is 41.6 Å². The van der Waals surface area contributed by atoms with E-state index in [4.69, 9.17) is 5.73 Å². The van der Waals surface area contributed by atoms with E-state index in [9.17, 15) is 9.18 Å². The van der Waals surface area contributed by atoms with Crippen molar-refractivity contribution < 1.29 is 9.18 Å². The summed E-state index contributed by atoms with van der Waals surface area (Å²) in [6.45, 7) is 0.473. The Morgan fingerprint density at radius 3 is 2.84 bits per heavy atom. The molecule has 3 nitrogen and oxygen atoms in total. The number of carbonyl (C=O) groups excluding carboxylic acids is 1. The number of carbonyl (C=O) groups is 1. The summed E-state index contributed by atoms with van der Waals surface area (Å²) in [5, 5.41) is 3.44. The molecule has 3 rings (SSSR count). The molecule has 0 aromatic heterocycles. The van der Waals surface area contributed by atoms with Crippen molar-refractivity contribution in [3.05, 3.63) is 35.1 Å². The topological polar surface area (TPSA) is 55.1 Å². The standard InChI is InChI=1S/C15H19FN2O/c16-13-4-3-11(15(17)19)7-12(13)8-18-14-6-9-1-2-10(14)5-9/h3-4,7,9-10,14,18H,1-2,5-6,8H2,(H2,17,19). The lowest BCUT2D eigenvalue weighted by Crippen LogP contribution is -2.33. The summed E-state index contributed by atoms with van der Waals surface area (Å²) in [7, 11) is 0. The highest BCUT2D eigenvalue weighted by molar-refractivity contribution is 5.92. The Balaban J connectivity index is 1.66. The molecule has 1 aromatic rings. The van der Waals surface area contributed by atoms with Gasteiger partial charge in [0, 0.05) is 23.7 Å². The lowest BCUT2D eigenvalue weighted by molar-refractivity contribution is 0.1000. The van der Waals surface area contributed by atoms with Crippen LogP contribution in [0.15, 0.2) is 18.2 Å². The van der Waals surface area contributed by atoms with Gasteiger partial charge in [0.05, 0.1) is 0 Å². The predicted molar refractivity (Wildman–Crippen MR) is 71.0 cm³/mol. The number of rotatable bonds is 4. The van der Waals surface area contributed by atoms with Crippen LogP contribution in [0.25, 0.3) is 0 Å². The lowest BCUT2D eigenvalue weighted by atomic mass is 9.95. The number of amides is 1. The monoisotopic (exact) mass is 262 g/mol. The van der Waals surface area contributed by atoms with Crippen LogP contribution >= 0.6 is 0 Å². The maximum absolute atomic E-state index is 13.7. The van der Waals surface area contributed by atoms with Gasteiger partial charge in [-0.3, -0.25) is 4.79 Å². The summed E-state index contributed by atoms with van der Waals surface area (Å²) < 4.78 is 13.7. The van der Waals surface area contributed by atoms with Gasteiger partial charge in [-0.25, -0.2) is 4.39 Å². The second-order valence-corrected chi connectivity index (χ2v) is 5.83. The molecule has 2 fully saturated rings. The fraction of sp³-hybridized carbons (Fsp3) is 0.533. The molecule has 0 spiro atoms. The number of fused-ring (bicyclic) bond motifs is 2. The van der Waals surface area contributed by atoms with E-state index < -0.39 is 5.91 Å². The molecule has 0 heterocycles. The minimum absolute atomic E-state index is 0.277. The minimum atomic E-state index is -0.513. The Hall–Kier alpha value is -1.42. The van der Waals surface area contributed by atoms with E-state index >= 15 is 0 Å². The van der Waals surface area contributed by atoms with E-state index in [0.717, 1.165) is 11.8 Å². The Bertz CT molecular complexity index is 503. The Kier molecular flexibility index (Phi) is 3.27. The second kappa shape index (κ2) is 4.93. The van der Waals surface area contributed by atoms with Gasteiger partial charge in [-0.15, -0.1) is 0 Å². The SMILES string of the molecule is NC(=O)c1ccc(F)c(CNC2CC3CCC2C3)c1. The molecule has 2 aliphatic carbocycles. The van der Waals surface area contributed by atoms with E-state index in [0.29, 0.717) is 23.7 Å². The summed E-state index contributed by atoms with van der Waals surface area (Å²) in [5.41, 5.74) is 6.11. The molecule has 2 bridgehead atoms. The van der Waals surface area contributed by atoms with Crippen LogP contribution in [0.4, 0.5) is 4.39 Å². The van der Waals surface area contributed by atoms with Gasteiger partial charge in [0.25, 0.3) is 0 Å². The zero-order chi connectivity index (χ0) is 13.4. The zero-order valence-electron chi connectivity index (χ0n) is 10.9. The molecule has 102 valence electrons. The van der Waals surface area contributed by atoms with Gasteiger partial charge in [0.15, 0.2) is 0 Å². The van der Waals surface area contributed by atoms with Crippen molar-refractivity contribution in [2.45, 2.75) is 38.3 Å². The van der Waals surface area contributed by atoms with Gasteiger partial charge in [0.2, 0.25) is 5.91 Å². The van der Waals surface area contributed by atoms with E-state index in [1.165, 1.54) is 37.8 Å². The third kappa shape index (κ3) is 2.50. The molecule has 2 aliphatic rings. The number of nitrogens with one attached hydrogen (secondary N) is 1. The Morgan fingerprint density at radius 2 is 2.21 bits per heavy atom. The highest BCUT2D eigenvalue weighted by Crippen LogP contribution is 2.44. The molecular weight excluding hydrogens is 243 g/mol. The van der Waals surface area contributed by atoms with E-state index in [2.05, 4.69) is 5.32 Å². The third-order valence-corrected chi connectivity index (χ3v) is 4.62. The summed E-state index contributed by atoms with van der Waals surface area (Å²) in [4.78, 5) is 11.1. The van der Waals surface area contributed by atoms with Crippen molar-refractivity contribution in [1.82, 2.24) is 5.32 Å². The van der Waals surface area contributed by atoms with Crippen molar-refractivity contribution in [1.29, 1.82) is 0 Å². The third-order valence-electron chi connectivity index (χ3n) is 4.62. The van der Waals surface area contributed by atoms with Crippen LogP contribution in [-0.4, -0.2) is 11.9 Å². The quantitative estimate of drug-likeness (QED) is 0.874. The van der Waals surface area contributed by atoms with Crippen LogP contribution in [-0.2, 0) is 6.54 Å². The number of nitrogens with two attached hydrogens (primary N) is 1. The highest BCUT2D eigenvalue weighted by Gasteiger charge is 2.39. The Labute approximate surface area is 112 Å². The molecular formula is C15H19FN2O. The molecule has 19 heavy (non-hydrogen) atoms. The largest absolute Gasteiger partial charge is 0.366 e. The summed E-state index contributed by atoms with van der Waals surface area (Å²) in [6, 6.07) is 4.81. The smallest absolute Gasteiger partial charge is 0.248 e. The highest BCUT2D eigenvalue weighted by atomic mass is 19.1. The summed E-state index contributed by atoms with van der Waals surface area (Å²) in [6.07, 6.45) is 5.18. The number of hydrogen-bond acceptors (Lipinski definition) is 2. The van der Waals surface area contributed by atoms with Crippen molar-refractivity contribution in [2.24, 2.45) is 17.6 Å². The minimum Gasteiger partial charge on any atom is -0.366 e. The molecule has 3 unspecified atom stereocenters. The molecule has 2 saturated carbocycles. The summed E-state index contributed by atoms with van der Waals surface area (Å²) in [5.74, 6) is 0.832. The maximum Gasteiger partial charge on any atom is 0.248 e. The first kappa shape index (κ1) is 12.6. The maximum atomic E-state index is 13.7. The summed E-state index contributed by atoms with van der Waals surface area (Å²) >= 11 is 0. The van der Waals surface area contributed by atoms with E-state index in [-0.39, 0.29) is 5.82 Å². The second-order valence-electron chi connectivity index (χ2n) is 5.83. The molecule has 4 heteroatoms. The van der Waals surface area contributed by atoms with Crippen LogP contribution in [0.3, 0.4) is 0 Å². The van der Waals surface area contributed by atoms with Gasteiger partial charge in [-0.2, -0.15) is 0 Å². The fourth-order valence-electron chi connectivity index (χ4n) is 3.60. The average molecular weight is 262 g/mol. The number of hydrogen-bond donors (Lipinski definition) is 2. The van der Waals surface area contributed by atoms with E-state index in [1.807, 2.05) is 0 Å². The van der Waals surface area contributed by atoms with E-state index in [1.54, 1.807) is 6.07 Å². The molecule has 0 radical (unpaired) electrons. The first-order valence-corrected chi connectivity index (χ1v) is 6.95. The van der Waals surface area contributed by atoms with Crippen molar-refractivity contribution in [2.75, 3.05) is 0 Å². The zero-order valence-corrected chi connectivity index (χ0v) is 10.9. The first-order valence-electron chi connectivity index (χ1n) is 6.95. The fourth-order valence-corrected chi connectivity index (χ4v) is 3.60. The average Bonchev–Trinajstić information content (AvgIpc) is 2.99. The molecule has 1 aromatic carbocycles. The van der Waals surface area contributed by atoms with Crippen LogP contribution in [0.5, 0.6) is 0 Å². The lowest BCUT2D eigenvalue weighted by Gasteiger charge is -2.23. The normalized spacial score (nSPS) is 28.8. The first-order chi connectivity index (χ1) is 9.13. The molecule has 0 saturated heterocycles. The van der Waals surface area contributed by atoms with Gasteiger partial charge >= 0.3 is 0 Å².